The Morgan fingerprint density at radius 2 is 1.75 bits per heavy atom. The van der Waals surface area contributed by atoms with E-state index in [1.165, 1.54) is 0 Å². The lowest BCUT2D eigenvalue weighted by Gasteiger charge is -2.08. The second kappa shape index (κ2) is 7.61. The van der Waals surface area contributed by atoms with Crippen LogP contribution in [0.3, 0.4) is 0 Å². The van der Waals surface area contributed by atoms with Crippen LogP contribution in [0, 0.1) is 0 Å². The Balaban J connectivity index is 2.35. The minimum atomic E-state index is -1.67. The van der Waals surface area contributed by atoms with Gasteiger partial charge in [-0.05, 0) is 24.3 Å². The molecule has 108 valence electrons. The first-order valence-corrected chi connectivity index (χ1v) is 6.41. The number of carboxylic acid groups (broad SMARTS) is 1. The number of halogens is 1. The highest BCUT2D eigenvalue weighted by molar-refractivity contribution is 9.10. The minimum Gasteiger partial charge on any atom is -0.479 e. The zero-order valence-corrected chi connectivity index (χ0v) is 11.9. The quantitative estimate of drug-likeness (QED) is 0.567. The molecule has 8 heteroatoms. The first kappa shape index (κ1) is 16.1. The van der Waals surface area contributed by atoms with Crippen molar-refractivity contribution in [1.29, 1.82) is 0 Å². The molecular formula is C12H13BrN2O5. The standard InChI is InChI=1S/C12H13BrN2O5/c13-8-3-1-7(2-4-8)11(18)15-6-10(17)14-5-9(16)12(19)20/h1-4,9,16H,5-6H2,(H,14,17)(H,15,18)(H,19,20). The summed E-state index contributed by atoms with van der Waals surface area (Å²) in [5.74, 6) is -2.44. The van der Waals surface area contributed by atoms with Gasteiger partial charge in [-0.15, -0.1) is 0 Å². The first-order valence-electron chi connectivity index (χ1n) is 5.61. The molecule has 0 saturated heterocycles. The lowest BCUT2D eigenvalue weighted by atomic mass is 10.2. The molecule has 1 aromatic rings. The summed E-state index contributed by atoms with van der Waals surface area (Å²) in [6.07, 6.45) is -1.67. The van der Waals surface area contributed by atoms with Gasteiger partial charge in [-0.2, -0.15) is 0 Å². The predicted octanol–water partition coefficient (Wildman–Crippen LogP) is -0.259. The van der Waals surface area contributed by atoms with Gasteiger partial charge in [-0.1, -0.05) is 15.9 Å². The average molecular weight is 345 g/mol. The Bertz CT molecular complexity index is 503. The fraction of sp³-hybridized carbons (Fsp3) is 0.250. The zero-order valence-electron chi connectivity index (χ0n) is 10.3. The third kappa shape index (κ3) is 5.37. The molecule has 0 aliphatic rings. The van der Waals surface area contributed by atoms with Crippen molar-refractivity contribution >= 4 is 33.7 Å². The van der Waals surface area contributed by atoms with Crippen LogP contribution in [0.1, 0.15) is 10.4 Å². The summed E-state index contributed by atoms with van der Waals surface area (Å²) in [7, 11) is 0. The van der Waals surface area contributed by atoms with E-state index in [9.17, 15) is 14.4 Å². The third-order valence-corrected chi connectivity index (χ3v) is 2.82. The van der Waals surface area contributed by atoms with Crippen molar-refractivity contribution < 1.29 is 24.6 Å². The molecule has 0 fully saturated rings. The van der Waals surface area contributed by atoms with E-state index in [0.717, 1.165) is 4.47 Å². The average Bonchev–Trinajstić information content (AvgIpc) is 2.42. The first-order chi connectivity index (χ1) is 9.40. The molecule has 1 rings (SSSR count). The molecule has 0 radical (unpaired) electrons. The Kier molecular flexibility index (Phi) is 6.13. The van der Waals surface area contributed by atoms with Gasteiger partial charge >= 0.3 is 5.97 Å². The Morgan fingerprint density at radius 3 is 2.30 bits per heavy atom. The van der Waals surface area contributed by atoms with Gasteiger partial charge in [0.15, 0.2) is 6.10 Å². The van der Waals surface area contributed by atoms with Crippen molar-refractivity contribution in [3.63, 3.8) is 0 Å². The smallest absolute Gasteiger partial charge is 0.334 e. The van der Waals surface area contributed by atoms with E-state index in [1.807, 2.05) is 0 Å². The van der Waals surface area contributed by atoms with Crippen LogP contribution in [0.5, 0.6) is 0 Å². The predicted molar refractivity (Wildman–Crippen MR) is 73.1 cm³/mol. The van der Waals surface area contributed by atoms with Crippen molar-refractivity contribution in [1.82, 2.24) is 10.6 Å². The number of aliphatic hydroxyl groups is 1. The summed E-state index contributed by atoms with van der Waals surface area (Å²) in [5, 5.41) is 21.9. The molecule has 7 nitrogen and oxygen atoms in total. The van der Waals surface area contributed by atoms with Gasteiger partial charge in [0.1, 0.15) is 0 Å². The topological polar surface area (TPSA) is 116 Å². The maximum atomic E-state index is 11.7. The highest BCUT2D eigenvalue weighted by Gasteiger charge is 2.14. The fourth-order valence-electron chi connectivity index (χ4n) is 1.22. The molecule has 0 saturated carbocycles. The number of carbonyl (C=O) groups is 3. The van der Waals surface area contributed by atoms with Gasteiger partial charge in [0.05, 0.1) is 13.1 Å². The summed E-state index contributed by atoms with van der Waals surface area (Å²) in [5.41, 5.74) is 0.395. The van der Waals surface area contributed by atoms with Crippen molar-refractivity contribution in [2.75, 3.05) is 13.1 Å². The second-order valence-electron chi connectivity index (χ2n) is 3.85. The number of aliphatic hydroxyl groups excluding tert-OH is 1. The van der Waals surface area contributed by atoms with E-state index >= 15 is 0 Å². The minimum absolute atomic E-state index is 0.304. The molecule has 1 unspecified atom stereocenters. The van der Waals surface area contributed by atoms with Gasteiger partial charge < -0.3 is 20.8 Å². The molecule has 2 amide bonds. The van der Waals surface area contributed by atoms with Crippen molar-refractivity contribution in [3.05, 3.63) is 34.3 Å². The number of amides is 2. The van der Waals surface area contributed by atoms with Gasteiger partial charge in [-0.25, -0.2) is 4.79 Å². The van der Waals surface area contributed by atoms with E-state index in [-0.39, 0.29) is 6.54 Å². The SMILES string of the molecule is O=C(CNC(=O)c1ccc(Br)cc1)NCC(O)C(=O)O. The largest absolute Gasteiger partial charge is 0.479 e. The fourth-order valence-corrected chi connectivity index (χ4v) is 1.49. The second-order valence-corrected chi connectivity index (χ2v) is 4.76. The van der Waals surface area contributed by atoms with Crippen LogP contribution in [0.15, 0.2) is 28.7 Å². The monoisotopic (exact) mass is 344 g/mol. The van der Waals surface area contributed by atoms with Crippen molar-refractivity contribution in [3.8, 4) is 0 Å². The third-order valence-electron chi connectivity index (χ3n) is 2.29. The molecule has 4 N–H and O–H groups in total. The Labute approximate surface area is 123 Å². The molecule has 0 heterocycles. The maximum Gasteiger partial charge on any atom is 0.334 e. The van der Waals surface area contributed by atoms with Crippen LogP contribution >= 0.6 is 15.9 Å². The summed E-state index contributed by atoms with van der Waals surface area (Å²) in [6.45, 7) is -0.719. The van der Waals surface area contributed by atoms with Crippen LogP contribution in [0.4, 0.5) is 0 Å². The molecule has 1 aromatic carbocycles. The molecule has 0 aliphatic carbocycles. The van der Waals surface area contributed by atoms with Crippen molar-refractivity contribution in [2.45, 2.75) is 6.10 Å². The van der Waals surface area contributed by atoms with E-state index in [4.69, 9.17) is 10.2 Å². The number of rotatable bonds is 6. The van der Waals surface area contributed by atoms with Crippen molar-refractivity contribution in [2.24, 2.45) is 0 Å². The summed E-state index contributed by atoms with van der Waals surface area (Å²) >= 11 is 3.24. The number of aliphatic carboxylic acids is 1. The molecule has 0 aromatic heterocycles. The van der Waals surface area contributed by atoms with Gasteiger partial charge in [0.25, 0.3) is 5.91 Å². The van der Waals surface area contributed by atoms with Gasteiger partial charge in [0, 0.05) is 10.0 Å². The van der Waals surface area contributed by atoms with Crippen LogP contribution < -0.4 is 10.6 Å². The summed E-state index contributed by atoms with van der Waals surface area (Å²) < 4.78 is 0.828. The molecule has 0 aliphatic heterocycles. The molecule has 1 atom stereocenters. The maximum absolute atomic E-state index is 11.7. The number of hydrogen-bond acceptors (Lipinski definition) is 4. The van der Waals surface area contributed by atoms with Gasteiger partial charge in [-0.3, -0.25) is 9.59 Å². The number of benzene rings is 1. The highest BCUT2D eigenvalue weighted by Crippen LogP contribution is 2.10. The normalized spacial score (nSPS) is 11.5. The number of carboxylic acids is 1. The number of nitrogens with one attached hydrogen (secondary N) is 2. The number of carbonyl (C=O) groups excluding carboxylic acids is 2. The van der Waals surface area contributed by atoms with Crippen LogP contribution in [-0.2, 0) is 9.59 Å². The molecule has 0 spiro atoms. The van der Waals surface area contributed by atoms with E-state index in [2.05, 4.69) is 26.6 Å². The Morgan fingerprint density at radius 1 is 1.15 bits per heavy atom. The highest BCUT2D eigenvalue weighted by atomic mass is 79.9. The van der Waals surface area contributed by atoms with E-state index < -0.39 is 30.4 Å². The lowest BCUT2D eigenvalue weighted by molar-refractivity contribution is -0.146. The van der Waals surface area contributed by atoms with Crippen LogP contribution in [-0.4, -0.2) is 47.2 Å². The van der Waals surface area contributed by atoms with E-state index in [1.54, 1.807) is 24.3 Å². The van der Waals surface area contributed by atoms with Gasteiger partial charge in [0.2, 0.25) is 5.91 Å². The lowest BCUT2D eigenvalue weighted by Crippen LogP contribution is -2.41. The van der Waals surface area contributed by atoms with Crippen LogP contribution in [0.2, 0.25) is 0 Å². The molecular weight excluding hydrogens is 332 g/mol. The number of hydrogen-bond donors (Lipinski definition) is 4. The zero-order chi connectivity index (χ0) is 15.1. The summed E-state index contributed by atoms with van der Waals surface area (Å²) in [4.78, 5) is 33.3. The molecule has 20 heavy (non-hydrogen) atoms. The summed E-state index contributed by atoms with van der Waals surface area (Å²) in [6, 6.07) is 6.56. The Hall–Kier alpha value is -1.93. The van der Waals surface area contributed by atoms with Crippen LogP contribution in [0.25, 0.3) is 0 Å². The molecule has 0 bridgehead atoms. The van der Waals surface area contributed by atoms with E-state index in [0.29, 0.717) is 5.56 Å².